The molecule has 0 saturated carbocycles. The first-order valence-corrected chi connectivity index (χ1v) is 6.18. The van der Waals surface area contributed by atoms with E-state index < -0.39 is 0 Å². The zero-order chi connectivity index (χ0) is 11.0. The molecule has 2 aliphatic heterocycles. The fourth-order valence-corrected chi connectivity index (χ4v) is 2.77. The van der Waals surface area contributed by atoms with Crippen LogP contribution >= 0.6 is 0 Å². The molecule has 0 aliphatic carbocycles. The minimum absolute atomic E-state index is 0.327. The van der Waals surface area contributed by atoms with Crippen molar-refractivity contribution in [2.45, 2.75) is 38.4 Å². The molecule has 2 atom stereocenters. The number of para-hydroxylation sites is 1. The maximum Gasteiger partial charge on any atom is 0.211 e. The van der Waals surface area contributed by atoms with E-state index in [9.17, 15) is 0 Å². The Balaban J connectivity index is 1.86. The molecule has 0 radical (unpaired) electrons. The summed E-state index contributed by atoms with van der Waals surface area (Å²) in [7, 11) is 0. The second-order valence-electron chi connectivity index (χ2n) is 5.07. The Bertz CT molecular complexity index is 388. The summed E-state index contributed by atoms with van der Waals surface area (Å²) < 4.78 is 12.0. The van der Waals surface area contributed by atoms with Gasteiger partial charge in [-0.3, -0.25) is 0 Å². The van der Waals surface area contributed by atoms with Crippen molar-refractivity contribution in [3.63, 3.8) is 0 Å². The monoisotopic (exact) mass is 218 g/mol. The molecule has 86 valence electrons. The van der Waals surface area contributed by atoms with Gasteiger partial charge in [-0.1, -0.05) is 25.1 Å². The Kier molecular flexibility index (Phi) is 2.40. The SMILES string of the molecule is C[C@@H]1CCO[C@]2(CCc3ccccc3O2)C1. The average molecular weight is 218 g/mol. The molecule has 2 aliphatic rings. The largest absolute Gasteiger partial charge is 0.462 e. The molecule has 1 spiro atoms. The maximum atomic E-state index is 6.11. The van der Waals surface area contributed by atoms with Crippen molar-refractivity contribution < 1.29 is 9.47 Å². The van der Waals surface area contributed by atoms with Gasteiger partial charge >= 0.3 is 0 Å². The van der Waals surface area contributed by atoms with Gasteiger partial charge in [-0.05, 0) is 30.4 Å². The quantitative estimate of drug-likeness (QED) is 0.666. The minimum atomic E-state index is -0.327. The number of hydrogen-bond donors (Lipinski definition) is 0. The first-order valence-electron chi connectivity index (χ1n) is 6.18. The van der Waals surface area contributed by atoms with Gasteiger partial charge in [0.15, 0.2) is 0 Å². The molecule has 0 aromatic heterocycles. The van der Waals surface area contributed by atoms with Crippen LogP contribution in [0.2, 0.25) is 0 Å². The molecule has 16 heavy (non-hydrogen) atoms. The molecule has 2 heterocycles. The van der Waals surface area contributed by atoms with Gasteiger partial charge in [0.05, 0.1) is 6.61 Å². The van der Waals surface area contributed by atoms with Gasteiger partial charge in [0, 0.05) is 12.8 Å². The van der Waals surface area contributed by atoms with Crippen molar-refractivity contribution in [3.05, 3.63) is 29.8 Å². The van der Waals surface area contributed by atoms with E-state index in [2.05, 4.69) is 25.1 Å². The number of fused-ring (bicyclic) bond motifs is 1. The molecule has 1 aromatic carbocycles. The molecular formula is C14H18O2. The van der Waals surface area contributed by atoms with E-state index in [-0.39, 0.29) is 5.79 Å². The van der Waals surface area contributed by atoms with Gasteiger partial charge in [0.25, 0.3) is 0 Å². The molecule has 0 unspecified atom stereocenters. The normalized spacial score (nSPS) is 33.2. The fraction of sp³-hybridized carbons (Fsp3) is 0.571. The van der Waals surface area contributed by atoms with E-state index in [1.807, 2.05) is 6.07 Å². The zero-order valence-electron chi connectivity index (χ0n) is 9.74. The highest BCUT2D eigenvalue weighted by Gasteiger charge is 2.40. The second kappa shape index (κ2) is 3.77. The summed E-state index contributed by atoms with van der Waals surface area (Å²) in [6, 6.07) is 8.31. The van der Waals surface area contributed by atoms with E-state index in [1.165, 1.54) is 5.56 Å². The topological polar surface area (TPSA) is 18.5 Å². The van der Waals surface area contributed by atoms with Crippen LogP contribution in [0.4, 0.5) is 0 Å². The molecule has 3 rings (SSSR count). The van der Waals surface area contributed by atoms with Crippen molar-refractivity contribution in [2.24, 2.45) is 5.92 Å². The van der Waals surface area contributed by atoms with Crippen LogP contribution in [-0.4, -0.2) is 12.4 Å². The van der Waals surface area contributed by atoms with Gasteiger partial charge in [-0.2, -0.15) is 0 Å². The number of aryl methyl sites for hydroxylation is 1. The molecule has 0 bridgehead atoms. The van der Waals surface area contributed by atoms with Crippen LogP contribution in [0.3, 0.4) is 0 Å². The lowest BCUT2D eigenvalue weighted by atomic mass is 9.89. The van der Waals surface area contributed by atoms with Crippen molar-refractivity contribution in [1.82, 2.24) is 0 Å². The van der Waals surface area contributed by atoms with E-state index >= 15 is 0 Å². The van der Waals surface area contributed by atoms with E-state index in [1.54, 1.807) is 0 Å². The number of hydrogen-bond acceptors (Lipinski definition) is 2. The number of ether oxygens (including phenoxy) is 2. The molecule has 0 amide bonds. The maximum absolute atomic E-state index is 6.11. The lowest BCUT2D eigenvalue weighted by Gasteiger charge is -2.42. The molecule has 2 nitrogen and oxygen atoms in total. The van der Waals surface area contributed by atoms with Crippen molar-refractivity contribution in [1.29, 1.82) is 0 Å². The summed E-state index contributed by atoms with van der Waals surface area (Å²) >= 11 is 0. The van der Waals surface area contributed by atoms with Crippen LogP contribution in [0.1, 0.15) is 31.7 Å². The van der Waals surface area contributed by atoms with Crippen molar-refractivity contribution in [3.8, 4) is 5.75 Å². The van der Waals surface area contributed by atoms with Gasteiger partial charge in [0.1, 0.15) is 5.75 Å². The second-order valence-corrected chi connectivity index (χ2v) is 5.07. The number of rotatable bonds is 0. The summed E-state index contributed by atoms with van der Waals surface area (Å²) in [6.45, 7) is 3.12. The highest BCUT2D eigenvalue weighted by Crippen LogP contribution is 2.40. The molecule has 1 aromatic rings. The molecule has 0 N–H and O–H groups in total. The Labute approximate surface area is 96.6 Å². The highest BCUT2D eigenvalue weighted by atomic mass is 16.7. The molecule has 1 saturated heterocycles. The van der Waals surface area contributed by atoms with Gasteiger partial charge in [-0.25, -0.2) is 0 Å². The van der Waals surface area contributed by atoms with Gasteiger partial charge in [-0.15, -0.1) is 0 Å². The summed E-state index contributed by atoms with van der Waals surface area (Å²) in [5, 5.41) is 0. The fourth-order valence-electron chi connectivity index (χ4n) is 2.77. The van der Waals surface area contributed by atoms with Crippen LogP contribution in [0.5, 0.6) is 5.75 Å². The summed E-state index contributed by atoms with van der Waals surface area (Å²) in [5.41, 5.74) is 1.31. The Hall–Kier alpha value is -1.02. The lowest BCUT2D eigenvalue weighted by molar-refractivity contribution is -0.224. The number of benzene rings is 1. The Morgan fingerprint density at radius 1 is 1.31 bits per heavy atom. The predicted molar refractivity (Wildman–Crippen MR) is 62.5 cm³/mol. The van der Waals surface area contributed by atoms with E-state index in [0.29, 0.717) is 5.92 Å². The van der Waals surface area contributed by atoms with Gasteiger partial charge in [0.2, 0.25) is 5.79 Å². The van der Waals surface area contributed by atoms with Crippen LogP contribution in [0, 0.1) is 5.92 Å². The zero-order valence-corrected chi connectivity index (χ0v) is 9.74. The Morgan fingerprint density at radius 2 is 2.19 bits per heavy atom. The first-order chi connectivity index (χ1) is 7.77. The van der Waals surface area contributed by atoms with Crippen LogP contribution in [0.15, 0.2) is 24.3 Å². The van der Waals surface area contributed by atoms with Gasteiger partial charge < -0.3 is 9.47 Å². The third kappa shape index (κ3) is 1.71. The van der Waals surface area contributed by atoms with Crippen LogP contribution in [-0.2, 0) is 11.2 Å². The predicted octanol–water partition coefficient (Wildman–Crippen LogP) is 3.15. The standard InChI is InChI=1S/C14H18O2/c1-11-7-9-15-14(10-11)8-6-12-4-2-3-5-13(12)16-14/h2-5,11H,6-10H2,1H3/t11-,14+/m1/s1. The molecule has 1 fully saturated rings. The van der Waals surface area contributed by atoms with Crippen LogP contribution in [0.25, 0.3) is 0 Å². The van der Waals surface area contributed by atoms with E-state index in [4.69, 9.17) is 9.47 Å². The highest BCUT2D eigenvalue weighted by molar-refractivity contribution is 5.35. The Morgan fingerprint density at radius 3 is 3.06 bits per heavy atom. The molecule has 2 heteroatoms. The van der Waals surface area contributed by atoms with Crippen molar-refractivity contribution in [2.75, 3.05) is 6.61 Å². The van der Waals surface area contributed by atoms with Crippen LogP contribution < -0.4 is 4.74 Å². The molecular weight excluding hydrogens is 200 g/mol. The summed E-state index contributed by atoms with van der Waals surface area (Å²) in [5.74, 6) is 1.40. The summed E-state index contributed by atoms with van der Waals surface area (Å²) in [4.78, 5) is 0. The lowest BCUT2D eigenvalue weighted by Crippen LogP contribution is -2.46. The average Bonchev–Trinajstić information content (AvgIpc) is 2.28. The summed E-state index contributed by atoms with van der Waals surface area (Å²) in [6.07, 6.45) is 4.26. The minimum Gasteiger partial charge on any atom is -0.462 e. The third-order valence-electron chi connectivity index (χ3n) is 3.68. The van der Waals surface area contributed by atoms with Crippen molar-refractivity contribution >= 4 is 0 Å². The first kappa shape index (κ1) is 10.2. The smallest absolute Gasteiger partial charge is 0.211 e. The van der Waals surface area contributed by atoms with E-state index in [0.717, 1.165) is 38.0 Å². The third-order valence-corrected chi connectivity index (χ3v) is 3.68.